The zero-order valence-electron chi connectivity index (χ0n) is 16.4. The van der Waals surface area contributed by atoms with Gasteiger partial charge in [0.05, 0.1) is 11.4 Å². The number of nitrogen functional groups attached to an aromatic ring is 1. The number of benzene rings is 2. The molecule has 1 heterocycles. The molecule has 29 heavy (non-hydrogen) atoms. The van der Waals surface area contributed by atoms with Gasteiger partial charge in [0.1, 0.15) is 14.8 Å². The first-order valence-corrected chi connectivity index (χ1v) is 11.9. The Labute approximate surface area is 175 Å². The Morgan fingerprint density at radius 1 is 1.03 bits per heavy atom. The Morgan fingerprint density at radius 2 is 1.69 bits per heavy atom. The SMILES string of the molecule is CCCS(=O)(=O)c1c(Nc2ccc(CC)cc2)sc(C(=O)c2ccccc2)c1N. The number of hydrogen-bond acceptors (Lipinski definition) is 6. The second-order valence-corrected chi connectivity index (χ2v) is 9.76. The average molecular weight is 429 g/mol. The highest BCUT2D eigenvalue weighted by Gasteiger charge is 2.29. The lowest BCUT2D eigenvalue weighted by Gasteiger charge is -2.09. The average Bonchev–Trinajstić information content (AvgIpc) is 3.05. The molecular weight excluding hydrogens is 404 g/mol. The van der Waals surface area contributed by atoms with Crippen molar-refractivity contribution in [2.75, 3.05) is 16.8 Å². The molecule has 1 aromatic heterocycles. The summed E-state index contributed by atoms with van der Waals surface area (Å²) in [4.78, 5) is 13.2. The van der Waals surface area contributed by atoms with Gasteiger partial charge in [0, 0.05) is 11.3 Å². The van der Waals surface area contributed by atoms with Crippen LogP contribution in [0.1, 0.15) is 41.1 Å². The van der Waals surface area contributed by atoms with Crippen molar-refractivity contribution in [3.8, 4) is 0 Å². The van der Waals surface area contributed by atoms with Gasteiger partial charge in [-0.1, -0.05) is 56.3 Å². The summed E-state index contributed by atoms with van der Waals surface area (Å²) in [7, 11) is -3.63. The number of hydrogen-bond donors (Lipinski definition) is 2. The van der Waals surface area contributed by atoms with Crippen LogP contribution < -0.4 is 11.1 Å². The van der Waals surface area contributed by atoms with Gasteiger partial charge in [-0.25, -0.2) is 8.42 Å². The lowest BCUT2D eigenvalue weighted by molar-refractivity contribution is 0.104. The molecule has 3 aromatic rings. The summed E-state index contributed by atoms with van der Waals surface area (Å²) in [5, 5.41) is 3.54. The van der Waals surface area contributed by atoms with E-state index in [2.05, 4.69) is 12.2 Å². The molecule has 0 aliphatic heterocycles. The molecule has 0 amide bonds. The molecule has 0 atom stereocenters. The third kappa shape index (κ3) is 4.52. The molecule has 0 aliphatic carbocycles. The highest BCUT2D eigenvalue weighted by Crippen LogP contribution is 2.42. The van der Waals surface area contributed by atoms with E-state index in [4.69, 9.17) is 5.73 Å². The maximum absolute atomic E-state index is 13.0. The number of anilines is 3. The van der Waals surface area contributed by atoms with E-state index in [1.165, 1.54) is 5.56 Å². The Hall–Kier alpha value is -2.64. The first-order chi connectivity index (χ1) is 13.9. The number of sulfone groups is 1. The zero-order valence-corrected chi connectivity index (χ0v) is 18.1. The second kappa shape index (κ2) is 8.80. The number of nitrogens with two attached hydrogens (primary N) is 1. The Bertz CT molecular complexity index is 1100. The minimum atomic E-state index is -3.63. The van der Waals surface area contributed by atoms with Crippen molar-refractivity contribution in [2.45, 2.75) is 31.6 Å². The van der Waals surface area contributed by atoms with Crippen LogP contribution in [-0.2, 0) is 16.3 Å². The molecule has 0 aliphatic rings. The maximum atomic E-state index is 13.0. The zero-order chi connectivity index (χ0) is 21.0. The highest BCUT2D eigenvalue weighted by atomic mass is 32.2. The van der Waals surface area contributed by atoms with Crippen LogP contribution in [0, 0.1) is 0 Å². The van der Waals surface area contributed by atoms with Crippen molar-refractivity contribution in [2.24, 2.45) is 0 Å². The molecule has 0 bridgehead atoms. The van der Waals surface area contributed by atoms with Gasteiger partial charge in [0.15, 0.2) is 9.84 Å². The van der Waals surface area contributed by atoms with Gasteiger partial charge < -0.3 is 11.1 Å². The van der Waals surface area contributed by atoms with Crippen LogP contribution in [0.5, 0.6) is 0 Å². The molecule has 3 N–H and O–H groups in total. The van der Waals surface area contributed by atoms with Crippen LogP contribution in [0.2, 0.25) is 0 Å². The molecule has 3 rings (SSSR count). The van der Waals surface area contributed by atoms with E-state index < -0.39 is 9.84 Å². The topological polar surface area (TPSA) is 89.3 Å². The fourth-order valence-electron chi connectivity index (χ4n) is 3.03. The minimum Gasteiger partial charge on any atom is -0.396 e. The van der Waals surface area contributed by atoms with E-state index in [-0.39, 0.29) is 27.0 Å². The van der Waals surface area contributed by atoms with Crippen molar-refractivity contribution in [1.29, 1.82) is 0 Å². The fraction of sp³-hybridized carbons (Fsp3) is 0.227. The lowest BCUT2D eigenvalue weighted by atomic mass is 10.1. The van der Waals surface area contributed by atoms with Gasteiger partial charge in [-0.05, 0) is 30.5 Å². The number of carbonyl (C=O) groups is 1. The molecule has 7 heteroatoms. The van der Waals surface area contributed by atoms with Gasteiger partial charge in [0.2, 0.25) is 5.78 Å². The van der Waals surface area contributed by atoms with E-state index >= 15 is 0 Å². The van der Waals surface area contributed by atoms with Gasteiger partial charge >= 0.3 is 0 Å². The number of aryl methyl sites for hydroxylation is 1. The molecule has 0 saturated heterocycles. The number of rotatable bonds is 8. The van der Waals surface area contributed by atoms with Crippen molar-refractivity contribution >= 4 is 43.3 Å². The van der Waals surface area contributed by atoms with E-state index in [1.807, 2.05) is 30.3 Å². The predicted molar refractivity (Wildman–Crippen MR) is 120 cm³/mol. The third-order valence-corrected chi connectivity index (χ3v) is 7.79. The summed E-state index contributed by atoms with van der Waals surface area (Å²) in [6, 6.07) is 16.5. The Balaban J connectivity index is 2.09. The summed E-state index contributed by atoms with van der Waals surface area (Å²) in [5.41, 5.74) is 8.64. The Morgan fingerprint density at radius 3 is 2.28 bits per heavy atom. The van der Waals surface area contributed by atoms with Crippen LogP contribution in [0.25, 0.3) is 0 Å². The summed E-state index contributed by atoms with van der Waals surface area (Å²) < 4.78 is 25.8. The molecule has 0 saturated carbocycles. The number of ketones is 1. The van der Waals surface area contributed by atoms with Crippen LogP contribution in [0.3, 0.4) is 0 Å². The smallest absolute Gasteiger partial charge is 0.205 e. The van der Waals surface area contributed by atoms with Crippen molar-refractivity contribution in [3.63, 3.8) is 0 Å². The van der Waals surface area contributed by atoms with Crippen LogP contribution >= 0.6 is 11.3 Å². The molecule has 0 spiro atoms. The molecule has 2 aromatic carbocycles. The lowest BCUT2D eigenvalue weighted by Crippen LogP contribution is -2.10. The number of thiophene rings is 1. The van der Waals surface area contributed by atoms with E-state index in [9.17, 15) is 13.2 Å². The van der Waals surface area contributed by atoms with Crippen molar-refractivity contribution in [3.05, 3.63) is 70.6 Å². The normalized spacial score (nSPS) is 11.4. The Kier molecular flexibility index (Phi) is 6.39. The van der Waals surface area contributed by atoms with Gasteiger partial charge in [-0.3, -0.25) is 4.79 Å². The summed E-state index contributed by atoms with van der Waals surface area (Å²) in [5.74, 6) is -0.313. The minimum absolute atomic E-state index is 0.0169. The highest BCUT2D eigenvalue weighted by molar-refractivity contribution is 7.92. The fourth-order valence-corrected chi connectivity index (χ4v) is 6.12. The summed E-state index contributed by atoms with van der Waals surface area (Å²) in [6.07, 6.45) is 1.38. The van der Waals surface area contributed by atoms with Gasteiger partial charge in [-0.15, -0.1) is 11.3 Å². The van der Waals surface area contributed by atoms with Crippen LogP contribution in [-0.4, -0.2) is 20.0 Å². The van der Waals surface area contributed by atoms with Crippen molar-refractivity contribution in [1.82, 2.24) is 0 Å². The first kappa shape index (κ1) is 21.1. The standard InChI is InChI=1S/C22H24N2O3S2/c1-3-14-29(26,27)21-18(23)20(19(25)16-8-6-5-7-9-16)28-22(21)24-17-12-10-15(4-2)11-13-17/h5-13,24H,3-4,14,23H2,1-2H3. The number of nitrogens with one attached hydrogen (secondary N) is 1. The van der Waals surface area contributed by atoms with Crippen LogP contribution in [0.15, 0.2) is 59.5 Å². The molecule has 0 radical (unpaired) electrons. The maximum Gasteiger partial charge on any atom is 0.205 e. The first-order valence-electron chi connectivity index (χ1n) is 9.48. The largest absolute Gasteiger partial charge is 0.396 e. The van der Waals surface area contributed by atoms with E-state index in [1.54, 1.807) is 31.2 Å². The molecule has 152 valence electrons. The molecular formula is C22H24N2O3S2. The van der Waals surface area contributed by atoms with Gasteiger partial charge in [0.25, 0.3) is 0 Å². The third-order valence-electron chi connectivity index (χ3n) is 4.55. The quantitative estimate of drug-likeness (QED) is 0.490. The second-order valence-electron chi connectivity index (χ2n) is 6.69. The number of carbonyl (C=O) groups excluding carboxylic acids is 1. The van der Waals surface area contributed by atoms with Crippen molar-refractivity contribution < 1.29 is 13.2 Å². The molecule has 5 nitrogen and oxygen atoms in total. The molecule has 0 fully saturated rings. The summed E-state index contributed by atoms with van der Waals surface area (Å²) in [6.45, 7) is 3.87. The predicted octanol–water partition coefficient (Wildman–Crippen LogP) is 5.05. The van der Waals surface area contributed by atoms with E-state index in [0.717, 1.165) is 23.4 Å². The van der Waals surface area contributed by atoms with Crippen LogP contribution in [0.4, 0.5) is 16.4 Å². The summed E-state index contributed by atoms with van der Waals surface area (Å²) >= 11 is 1.08. The monoisotopic (exact) mass is 428 g/mol. The van der Waals surface area contributed by atoms with Gasteiger partial charge in [-0.2, -0.15) is 0 Å². The van der Waals surface area contributed by atoms with E-state index in [0.29, 0.717) is 17.0 Å². The molecule has 0 unspecified atom stereocenters.